The standard InChI is InChI=1S/C19H21N3O/c1-2-6-18-17(5-1)21-19(23-18)16-4-3-12-22(14-16)13-9-15-7-10-20-11-8-15/h1-2,5-8,10-11,16H,3-4,9,12-14H2. The van der Waals surface area contributed by atoms with E-state index in [1.165, 1.54) is 24.9 Å². The summed E-state index contributed by atoms with van der Waals surface area (Å²) in [5.74, 6) is 1.31. The summed E-state index contributed by atoms with van der Waals surface area (Å²) in [5, 5.41) is 0. The third kappa shape index (κ3) is 3.27. The number of fused-ring (bicyclic) bond motifs is 1. The summed E-state index contributed by atoms with van der Waals surface area (Å²) in [4.78, 5) is 11.3. The number of likely N-dealkylation sites (tertiary alicyclic amines) is 1. The predicted molar refractivity (Wildman–Crippen MR) is 90.4 cm³/mol. The van der Waals surface area contributed by atoms with Crippen LogP contribution in [0.5, 0.6) is 0 Å². The molecule has 1 unspecified atom stereocenters. The SMILES string of the molecule is c1ccc2oc(C3CCCN(CCc4ccncc4)C3)nc2c1. The van der Waals surface area contributed by atoms with Crippen molar-refractivity contribution in [1.29, 1.82) is 0 Å². The molecule has 1 atom stereocenters. The number of pyridine rings is 1. The van der Waals surface area contributed by atoms with Gasteiger partial charge in [-0.15, -0.1) is 0 Å². The number of benzene rings is 1. The summed E-state index contributed by atoms with van der Waals surface area (Å²) in [6, 6.07) is 12.2. The number of hydrogen-bond donors (Lipinski definition) is 0. The highest BCUT2D eigenvalue weighted by molar-refractivity contribution is 5.72. The lowest BCUT2D eigenvalue weighted by Gasteiger charge is -2.31. The van der Waals surface area contributed by atoms with Crippen LogP contribution in [0.25, 0.3) is 11.1 Å². The summed E-state index contributed by atoms with van der Waals surface area (Å²) < 4.78 is 5.97. The van der Waals surface area contributed by atoms with Gasteiger partial charge in [0.15, 0.2) is 11.5 Å². The fraction of sp³-hybridized carbons (Fsp3) is 0.368. The molecule has 0 spiro atoms. The summed E-state index contributed by atoms with van der Waals surface area (Å²) >= 11 is 0. The first-order valence-corrected chi connectivity index (χ1v) is 8.35. The van der Waals surface area contributed by atoms with E-state index in [-0.39, 0.29) is 0 Å². The first-order valence-electron chi connectivity index (χ1n) is 8.35. The normalized spacial score (nSPS) is 19.2. The molecule has 4 heteroatoms. The maximum absolute atomic E-state index is 5.97. The predicted octanol–water partition coefficient (Wildman–Crippen LogP) is 3.64. The minimum absolute atomic E-state index is 0.411. The van der Waals surface area contributed by atoms with Crippen LogP contribution in [0.4, 0.5) is 0 Å². The van der Waals surface area contributed by atoms with Crippen LogP contribution in [0.15, 0.2) is 53.2 Å². The highest BCUT2D eigenvalue weighted by Gasteiger charge is 2.25. The van der Waals surface area contributed by atoms with Crippen molar-refractivity contribution in [2.24, 2.45) is 0 Å². The van der Waals surface area contributed by atoms with E-state index < -0.39 is 0 Å². The number of nitrogens with zero attached hydrogens (tertiary/aromatic N) is 3. The lowest BCUT2D eigenvalue weighted by molar-refractivity contribution is 0.196. The van der Waals surface area contributed by atoms with Gasteiger partial charge in [-0.25, -0.2) is 4.98 Å². The van der Waals surface area contributed by atoms with Gasteiger partial charge >= 0.3 is 0 Å². The second kappa shape index (κ2) is 6.50. The van der Waals surface area contributed by atoms with Crippen molar-refractivity contribution in [2.75, 3.05) is 19.6 Å². The Hall–Kier alpha value is -2.20. The number of hydrogen-bond acceptors (Lipinski definition) is 4. The molecule has 0 N–H and O–H groups in total. The van der Waals surface area contributed by atoms with E-state index in [1.54, 1.807) is 0 Å². The largest absolute Gasteiger partial charge is 0.440 e. The molecule has 4 rings (SSSR count). The molecule has 1 aromatic carbocycles. The minimum atomic E-state index is 0.411. The van der Waals surface area contributed by atoms with Crippen LogP contribution in [0.1, 0.15) is 30.2 Å². The second-order valence-electron chi connectivity index (χ2n) is 6.27. The van der Waals surface area contributed by atoms with Gasteiger partial charge in [0.1, 0.15) is 5.52 Å². The number of rotatable bonds is 4. The van der Waals surface area contributed by atoms with E-state index in [2.05, 4.69) is 27.0 Å². The first-order chi connectivity index (χ1) is 11.4. The molecule has 3 aromatic rings. The van der Waals surface area contributed by atoms with Crippen molar-refractivity contribution in [1.82, 2.24) is 14.9 Å². The topological polar surface area (TPSA) is 42.2 Å². The van der Waals surface area contributed by atoms with Gasteiger partial charge in [0, 0.05) is 31.4 Å². The monoisotopic (exact) mass is 307 g/mol. The van der Waals surface area contributed by atoms with Gasteiger partial charge in [0.2, 0.25) is 0 Å². The molecule has 1 aliphatic rings. The first kappa shape index (κ1) is 14.4. The zero-order valence-electron chi connectivity index (χ0n) is 13.2. The van der Waals surface area contributed by atoms with Gasteiger partial charge < -0.3 is 9.32 Å². The molecule has 0 bridgehead atoms. The van der Waals surface area contributed by atoms with Crippen LogP contribution >= 0.6 is 0 Å². The zero-order valence-corrected chi connectivity index (χ0v) is 13.2. The molecule has 0 saturated carbocycles. The van der Waals surface area contributed by atoms with Gasteiger partial charge in [-0.3, -0.25) is 4.98 Å². The molecule has 118 valence electrons. The number of aromatic nitrogens is 2. The smallest absolute Gasteiger partial charge is 0.199 e. The van der Waals surface area contributed by atoms with E-state index in [4.69, 9.17) is 4.42 Å². The Bertz CT molecular complexity index is 735. The van der Waals surface area contributed by atoms with Crippen LogP contribution in [-0.2, 0) is 6.42 Å². The third-order valence-electron chi connectivity index (χ3n) is 4.63. The summed E-state index contributed by atoms with van der Waals surface area (Å²) in [6.45, 7) is 3.29. The Kier molecular flexibility index (Phi) is 4.07. The van der Waals surface area contributed by atoms with Crippen LogP contribution in [0.2, 0.25) is 0 Å². The molecular formula is C19H21N3O. The van der Waals surface area contributed by atoms with Crippen LogP contribution in [-0.4, -0.2) is 34.5 Å². The average Bonchev–Trinajstić information content (AvgIpc) is 3.05. The summed E-state index contributed by atoms with van der Waals surface area (Å²) in [6.07, 6.45) is 7.18. The van der Waals surface area contributed by atoms with Gasteiger partial charge in [0.25, 0.3) is 0 Å². The quantitative estimate of drug-likeness (QED) is 0.738. The number of para-hydroxylation sites is 2. The van der Waals surface area contributed by atoms with E-state index >= 15 is 0 Å². The van der Waals surface area contributed by atoms with E-state index in [0.717, 1.165) is 36.5 Å². The van der Waals surface area contributed by atoms with Crippen LogP contribution in [0, 0.1) is 0 Å². The molecule has 1 saturated heterocycles. The molecule has 2 aromatic heterocycles. The highest BCUT2D eigenvalue weighted by atomic mass is 16.3. The third-order valence-corrected chi connectivity index (χ3v) is 4.63. The summed E-state index contributed by atoms with van der Waals surface area (Å²) in [7, 11) is 0. The molecule has 0 radical (unpaired) electrons. The Morgan fingerprint density at radius 1 is 1.13 bits per heavy atom. The fourth-order valence-electron chi connectivity index (χ4n) is 3.36. The Morgan fingerprint density at radius 2 is 2.00 bits per heavy atom. The zero-order chi connectivity index (χ0) is 15.5. The maximum atomic E-state index is 5.97. The molecule has 23 heavy (non-hydrogen) atoms. The summed E-state index contributed by atoms with van der Waals surface area (Å²) in [5.41, 5.74) is 3.22. The molecule has 1 fully saturated rings. The van der Waals surface area contributed by atoms with Crippen molar-refractivity contribution in [2.45, 2.75) is 25.2 Å². The lowest BCUT2D eigenvalue weighted by Crippen LogP contribution is -2.35. The van der Waals surface area contributed by atoms with E-state index in [1.807, 2.05) is 36.7 Å². The van der Waals surface area contributed by atoms with Gasteiger partial charge in [0.05, 0.1) is 0 Å². The van der Waals surface area contributed by atoms with Crippen molar-refractivity contribution in [3.63, 3.8) is 0 Å². The van der Waals surface area contributed by atoms with Crippen LogP contribution in [0.3, 0.4) is 0 Å². The second-order valence-corrected chi connectivity index (χ2v) is 6.27. The Labute approximate surface area is 136 Å². The van der Waals surface area contributed by atoms with Crippen LogP contribution < -0.4 is 0 Å². The van der Waals surface area contributed by atoms with E-state index in [0.29, 0.717) is 5.92 Å². The Balaban J connectivity index is 1.42. The van der Waals surface area contributed by atoms with Gasteiger partial charge in [-0.2, -0.15) is 0 Å². The fourth-order valence-corrected chi connectivity index (χ4v) is 3.36. The number of oxazole rings is 1. The number of piperidine rings is 1. The average molecular weight is 307 g/mol. The van der Waals surface area contributed by atoms with Crippen molar-refractivity contribution in [3.8, 4) is 0 Å². The van der Waals surface area contributed by atoms with Crippen molar-refractivity contribution in [3.05, 3.63) is 60.2 Å². The molecule has 0 aliphatic carbocycles. The van der Waals surface area contributed by atoms with Gasteiger partial charge in [-0.05, 0) is 55.6 Å². The Morgan fingerprint density at radius 3 is 2.87 bits per heavy atom. The minimum Gasteiger partial charge on any atom is -0.440 e. The maximum Gasteiger partial charge on any atom is 0.199 e. The lowest BCUT2D eigenvalue weighted by atomic mass is 9.97. The molecular weight excluding hydrogens is 286 g/mol. The van der Waals surface area contributed by atoms with Gasteiger partial charge in [-0.1, -0.05) is 12.1 Å². The highest BCUT2D eigenvalue weighted by Crippen LogP contribution is 2.28. The van der Waals surface area contributed by atoms with Crippen molar-refractivity contribution >= 4 is 11.1 Å². The molecule has 1 aliphatic heterocycles. The molecule has 3 heterocycles. The molecule has 0 amide bonds. The molecule has 4 nitrogen and oxygen atoms in total. The van der Waals surface area contributed by atoms with Crippen molar-refractivity contribution < 1.29 is 4.42 Å². The van der Waals surface area contributed by atoms with E-state index in [9.17, 15) is 0 Å².